The number of amides is 1. The lowest BCUT2D eigenvalue weighted by molar-refractivity contribution is -0.870. The average Bonchev–Trinajstić information content (AvgIpc) is 3.33. The van der Waals surface area contributed by atoms with Gasteiger partial charge in [0.15, 0.2) is 0 Å². The summed E-state index contributed by atoms with van der Waals surface area (Å²) in [4.78, 5) is 23.3. The average molecular weight is 1030 g/mol. The van der Waals surface area contributed by atoms with Crippen LogP contribution in [0.2, 0.25) is 0 Å². The first-order valence-corrected chi connectivity index (χ1v) is 33.4. The van der Waals surface area contributed by atoms with E-state index in [0.717, 1.165) is 38.5 Å². The van der Waals surface area contributed by atoms with Crippen molar-refractivity contribution < 1.29 is 32.9 Å². The molecule has 0 aromatic heterocycles. The lowest BCUT2D eigenvalue weighted by Crippen LogP contribution is -2.46. The van der Waals surface area contributed by atoms with Crippen LogP contribution in [0, 0.1) is 0 Å². The second kappa shape index (κ2) is 54.3. The Bertz CT molecular complexity index is 1120. The van der Waals surface area contributed by atoms with E-state index in [9.17, 15) is 19.4 Å². The number of quaternary nitrogens is 1. The van der Waals surface area contributed by atoms with Crippen molar-refractivity contribution in [2.24, 2.45) is 0 Å². The molecule has 0 fully saturated rings. The Hall–Kier alpha value is -0.500. The normalized spacial score (nSPS) is 13.7. The smallest absolute Gasteiger partial charge is 0.391 e. The molecular weight excluding hydrogens is 900 g/mol. The summed E-state index contributed by atoms with van der Waals surface area (Å²) in [7, 11) is 1.64. The quantitative estimate of drug-likeness (QED) is 0.0318. The monoisotopic (exact) mass is 1030 g/mol. The molecule has 0 saturated carbocycles. The topological polar surface area (TPSA) is 105 Å². The van der Waals surface area contributed by atoms with Crippen LogP contribution < -0.4 is 5.32 Å². The van der Waals surface area contributed by atoms with E-state index in [0.29, 0.717) is 23.9 Å². The number of carbonyl (C=O) groups excluding carboxylic acids is 1. The van der Waals surface area contributed by atoms with E-state index in [4.69, 9.17) is 9.05 Å². The molecule has 3 N–H and O–H groups in total. The van der Waals surface area contributed by atoms with Gasteiger partial charge in [0.05, 0.1) is 39.9 Å². The first-order valence-electron chi connectivity index (χ1n) is 31.9. The summed E-state index contributed by atoms with van der Waals surface area (Å²) in [5.41, 5.74) is 0. The number of carbonyl (C=O) groups is 1. The standard InChI is InChI=1S/C62H127N2O6P/c1-6-8-10-12-14-16-18-20-22-23-24-25-26-27-28-29-30-31-32-33-34-35-36-37-38-39-40-41-42-44-46-48-50-52-54-56-62(66)63-60(59-70-71(67,68)69-58-57-64(3,4)5)61(65)55-53-51-49-47-45-43-21-19-17-15-13-11-9-7-2/h60-61,65H,6-59H2,1-5H3,(H-,63,66,67,68)/p+1/t60-,61+/m0/s1. The number of likely N-dealkylation sites (N-methyl/N-ethyl adjacent to an activating group) is 1. The number of phosphoric ester groups is 1. The Morgan fingerprint density at radius 3 is 0.944 bits per heavy atom. The summed E-state index contributed by atoms with van der Waals surface area (Å²) in [5, 5.41) is 14.1. The van der Waals surface area contributed by atoms with Crippen LogP contribution in [0.4, 0.5) is 0 Å². The molecule has 0 aliphatic rings. The highest BCUT2D eigenvalue weighted by molar-refractivity contribution is 7.47. The Morgan fingerprint density at radius 1 is 0.423 bits per heavy atom. The van der Waals surface area contributed by atoms with E-state index in [1.54, 1.807) is 0 Å². The molecule has 0 radical (unpaired) electrons. The molecule has 0 bridgehead atoms. The Kier molecular flexibility index (Phi) is 53.9. The third kappa shape index (κ3) is 57.1. The molecule has 1 unspecified atom stereocenters. The van der Waals surface area contributed by atoms with Gasteiger partial charge in [-0.3, -0.25) is 13.8 Å². The zero-order valence-corrected chi connectivity index (χ0v) is 49.7. The number of hydrogen-bond acceptors (Lipinski definition) is 5. The van der Waals surface area contributed by atoms with Gasteiger partial charge in [0, 0.05) is 6.42 Å². The van der Waals surface area contributed by atoms with Crippen LogP contribution in [0.5, 0.6) is 0 Å². The highest BCUT2D eigenvalue weighted by Crippen LogP contribution is 2.43. The van der Waals surface area contributed by atoms with Gasteiger partial charge in [0.2, 0.25) is 5.91 Å². The number of nitrogens with zero attached hydrogens (tertiary/aromatic N) is 1. The number of nitrogens with one attached hydrogen (secondary N) is 1. The van der Waals surface area contributed by atoms with Crippen molar-refractivity contribution in [1.82, 2.24) is 5.32 Å². The second-order valence-electron chi connectivity index (χ2n) is 23.5. The summed E-state index contributed by atoms with van der Waals surface area (Å²) in [5.74, 6) is -0.136. The molecular formula is C62H128N2O6P+. The SMILES string of the molecule is CCCCCCCCCCCCCCCCCCCCCCCCCCCCCCCCCCCCCC(=O)N[C@@H](COP(=O)(O)OCC[N+](C)(C)C)[C@H](O)CCCCCCCCCCCCCCCC. The zero-order valence-electron chi connectivity index (χ0n) is 48.8. The molecule has 426 valence electrons. The summed E-state index contributed by atoms with van der Waals surface area (Å²) in [6.45, 7) is 4.94. The van der Waals surface area contributed by atoms with Gasteiger partial charge in [0.25, 0.3) is 0 Å². The fourth-order valence-corrected chi connectivity index (χ4v) is 10.8. The van der Waals surface area contributed by atoms with E-state index in [2.05, 4.69) is 19.2 Å². The predicted octanol–water partition coefficient (Wildman–Crippen LogP) is 19.6. The maximum atomic E-state index is 13.0. The fourth-order valence-electron chi connectivity index (χ4n) is 10.1. The lowest BCUT2D eigenvalue weighted by Gasteiger charge is -2.26. The molecule has 3 atom stereocenters. The molecule has 1 amide bonds. The van der Waals surface area contributed by atoms with Gasteiger partial charge in [-0.15, -0.1) is 0 Å². The maximum absolute atomic E-state index is 13.0. The molecule has 9 heteroatoms. The van der Waals surface area contributed by atoms with Crippen LogP contribution in [-0.4, -0.2) is 73.4 Å². The maximum Gasteiger partial charge on any atom is 0.472 e. The minimum Gasteiger partial charge on any atom is -0.391 e. The number of aliphatic hydroxyl groups excluding tert-OH is 1. The molecule has 0 aliphatic heterocycles. The van der Waals surface area contributed by atoms with Gasteiger partial charge >= 0.3 is 7.82 Å². The van der Waals surface area contributed by atoms with Crippen molar-refractivity contribution in [3.63, 3.8) is 0 Å². The van der Waals surface area contributed by atoms with Crippen molar-refractivity contribution in [2.45, 2.75) is 353 Å². The first kappa shape index (κ1) is 70.5. The predicted molar refractivity (Wildman–Crippen MR) is 309 cm³/mol. The summed E-state index contributed by atoms with van der Waals surface area (Å²) < 4.78 is 23.8. The number of phosphoric acid groups is 1. The van der Waals surface area contributed by atoms with E-state index in [1.807, 2.05) is 21.1 Å². The van der Waals surface area contributed by atoms with E-state index in [-0.39, 0.29) is 19.1 Å². The van der Waals surface area contributed by atoms with Crippen LogP contribution in [0.25, 0.3) is 0 Å². The van der Waals surface area contributed by atoms with Gasteiger partial charge in [-0.25, -0.2) is 4.57 Å². The minimum absolute atomic E-state index is 0.0790. The van der Waals surface area contributed by atoms with Crippen LogP contribution in [0.1, 0.15) is 341 Å². The Labute approximate surface area is 444 Å². The summed E-state index contributed by atoms with van der Waals surface area (Å²) in [6.07, 6.45) is 66.3. The van der Waals surface area contributed by atoms with Crippen LogP contribution >= 0.6 is 7.82 Å². The zero-order chi connectivity index (χ0) is 52.0. The van der Waals surface area contributed by atoms with Gasteiger partial charge in [-0.2, -0.15) is 0 Å². The molecule has 0 aromatic carbocycles. The van der Waals surface area contributed by atoms with Crippen molar-refractivity contribution in [1.29, 1.82) is 0 Å². The lowest BCUT2D eigenvalue weighted by atomic mass is 10.0. The van der Waals surface area contributed by atoms with Gasteiger partial charge < -0.3 is 19.8 Å². The summed E-state index contributed by atoms with van der Waals surface area (Å²) in [6, 6.07) is -0.755. The molecule has 71 heavy (non-hydrogen) atoms. The van der Waals surface area contributed by atoms with Crippen molar-refractivity contribution in [2.75, 3.05) is 40.9 Å². The van der Waals surface area contributed by atoms with E-state index in [1.165, 1.54) is 276 Å². The van der Waals surface area contributed by atoms with Crippen molar-refractivity contribution in [3.8, 4) is 0 Å². The van der Waals surface area contributed by atoms with E-state index < -0.39 is 20.0 Å². The van der Waals surface area contributed by atoms with Gasteiger partial charge in [-0.05, 0) is 12.8 Å². The molecule has 0 aromatic rings. The molecule has 0 rings (SSSR count). The fraction of sp³-hybridized carbons (Fsp3) is 0.984. The molecule has 8 nitrogen and oxygen atoms in total. The third-order valence-electron chi connectivity index (χ3n) is 15.1. The van der Waals surface area contributed by atoms with E-state index >= 15 is 0 Å². The largest absolute Gasteiger partial charge is 0.472 e. The minimum atomic E-state index is -4.32. The van der Waals surface area contributed by atoms with Crippen LogP contribution in [0.3, 0.4) is 0 Å². The molecule has 0 spiro atoms. The van der Waals surface area contributed by atoms with Crippen molar-refractivity contribution >= 4 is 13.7 Å². The van der Waals surface area contributed by atoms with Gasteiger partial charge in [0.1, 0.15) is 13.2 Å². The second-order valence-corrected chi connectivity index (χ2v) is 25.0. The molecule has 0 saturated heterocycles. The molecule has 0 heterocycles. The van der Waals surface area contributed by atoms with Crippen LogP contribution in [0.15, 0.2) is 0 Å². The third-order valence-corrected chi connectivity index (χ3v) is 16.1. The number of unbranched alkanes of at least 4 members (excludes halogenated alkanes) is 47. The number of hydrogen-bond donors (Lipinski definition) is 3. The highest BCUT2D eigenvalue weighted by atomic mass is 31.2. The summed E-state index contributed by atoms with van der Waals surface area (Å²) >= 11 is 0. The molecule has 0 aliphatic carbocycles. The van der Waals surface area contributed by atoms with Crippen LogP contribution in [-0.2, 0) is 18.4 Å². The highest BCUT2D eigenvalue weighted by Gasteiger charge is 2.28. The number of rotatable bonds is 60. The van der Waals surface area contributed by atoms with Gasteiger partial charge in [-0.1, -0.05) is 322 Å². The first-order chi connectivity index (χ1) is 34.5. The Morgan fingerprint density at radius 2 is 0.676 bits per heavy atom. The Balaban J connectivity index is 3.87. The van der Waals surface area contributed by atoms with Crippen molar-refractivity contribution in [3.05, 3.63) is 0 Å². The number of aliphatic hydroxyl groups is 1.